The molecule has 2 aliphatic rings. The molecule has 13 heteroatoms. The summed E-state index contributed by atoms with van der Waals surface area (Å²) in [5, 5.41) is 7.77. The number of hydrogen-bond acceptors (Lipinski definition) is 6. The fourth-order valence-corrected chi connectivity index (χ4v) is 5.32. The molecule has 2 aliphatic carbocycles. The van der Waals surface area contributed by atoms with Crippen LogP contribution in [0.1, 0.15) is 48.9 Å². The number of halogens is 1. The molecule has 0 amide bonds. The van der Waals surface area contributed by atoms with Crippen LogP contribution >= 0.6 is 15.9 Å². The quantitative estimate of drug-likeness (QED) is 0.585. The van der Waals surface area contributed by atoms with E-state index in [1.54, 1.807) is 6.07 Å². The summed E-state index contributed by atoms with van der Waals surface area (Å²) in [4.78, 5) is 0. The lowest BCUT2D eigenvalue weighted by atomic mass is 10.3. The SMILES string of the molecule is CN(C)S(=O)(=O)n1ncc(Br)c1C1CC1.CN(C)S(=O)(=O)n1nccc1C1CC1. The Kier molecular flexibility index (Phi) is 6.26. The standard InChI is InChI=1S/C8H12BrN3O2S.C8H13N3O2S/c1-11(2)15(13,14)12-8(6-3-4-6)7(9)5-10-12;1-10(2)14(12,13)11-8(5-6-9-11)7-3-4-7/h5-6H,3-4H2,1-2H3;5-7H,3-4H2,1-2H3. The lowest BCUT2D eigenvalue weighted by Gasteiger charge is -2.13. The highest BCUT2D eigenvalue weighted by Crippen LogP contribution is 2.43. The van der Waals surface area contributed by atoms with E-state index >= 15 is 0 Å². The second-order valence-corrected chi connectivity index (χ2v) is 12.2. The van der Waals surface area contributed by atoms with Crippen molar-refractivity contribution in [3.63, 3.8) is 0 Å². The van der Waals surface area contributed by atoms with Gasteiger partial charge >= 0.3 is 20.4 Å². The fraction of sp³-hybridized carbons (Fsp3) is 0.625. The molecular weight excluding hydrogens is 484 g/mol. The summed E-state index contributed by atoms with van der Waals surface area (Å²) in [6.45, 7) is 0. The summed E-state index contributed by atoms with van der Waals surface area (Å²) in [5.41, 5.74) is 1.57. The van der Waals surface area contributed by atoms with Gasteiger partial charge in [0.15, 0.2) is 0 Å². The van der Waals surface area contributed by atoms with Crippen LogP contribution in [0.4, 0.5) is 0 Å². The fourth-order valence-electron chi connectivity index (χ4n) is 2.69. The first-order chi connectivity index (χ1) is 13.5. The van der Waals surface area contributed by atoms with Gasteiger partial charge in [-0.25, -0.2) is 0 Å². The van der Waals surface area contributed by atoms with E-state index in [1.807, 2.05) is 0 Å². The van der Waals surface area contributed by atoms with Crippen LogP contribution in [0.25, 0.3) is 0 Å². The van der Waals surface area contributed by atoms with Crippen LogP contribution in [0.15, 0.2) is 22.9 Å². The molecular formula is C16H25BrN6O4S2. The molecule has 2 aromatic heterocycles. The molecule has 29 heavy (non-hydrogen) atoms. The van der Waals surface area contributed by atoms with Gasteiger partial charge in [0.05, 0.1) is 28.3 Å². The molecule has 2 aromatic rings. The largest absolute Gasteiger partial charge is 0.322 e. The third-order valence-corrected chi connectivity index (χ3v) is 8.61. The lowest BCUT2D eigenvalue weighted by Crippen LogP contribution is -2.30. The van der Waals surface area contributed by atoms with Gasteiger partial charge in [-0.3, -0.25) is 0 Å². The van der Waals surface area contributed by atoms with E-state index in [-0.39, 0.29) is 0 Å². The Hall–Kier alpha value is -1.28. The van der Waals surface area contributed by atoms with E-state index in [1.165, 1.54) is 44.9 Å². The second kappa shape index (κ2) is 8.10. The highest BCUT2D eigenvalue weighted by molar-refractivity contribution is 9.10. The first-order valence-electron chi connectivity index (χ1n) is 9.11. The van der Waals surface area contributed by atoms with Crippen molar-refractivity contribution < 1.29 is 16.8 Å². The molecule has 0 atom stereocenters. The zero-order valence-electron chi connectivity index (χ0n) is 16.7. The van der Waals surface area contributed by atoms with Crippen molar-refractivity contribution in [2.24, 2.45) is 0 Å². The van der Waals surface area contributed by atoms with E-state index in [2.05, 4.69) is 26.1 Å². The number of aromatic nitrogens is 4. The van der Waals surface area contributed by atoms with Gasteiger partial charge in [0.2, 0.25) is 0 Å². The zero-order valence-corrected chi connectivity index (χ0v) is 19.9. The Labute approximate surface area is 180 Å². The van der Waals surface area contributed by atoms with E-state index in [9.17, 15) is 16.8 Å². The van der Waals surface area contributed by atoms with Crippen molar-refractivity contribution in [1.82, 2.24) is 27.0 Å². The molecule has 162 valence electrons. The molecule has 2 fully saturated rings. The molecule has 0 saturated heterocycles. The summed E-state index contributed by atoms with van der Waals surface area (Å²) in [6, 6.07) is 1.78. The maximum atomic E-state index is 11.9. The van der Waals surface area contributed by atoms with Crippen LogP contribution in [0.3, 0.4) is 0 Å². The average molecular weight is 509 g/mol. The maximum absolute atomic E-state index is 11.9. The molecule has 0 N–H and O–H groups in total. The Bertz CT molecular complexity index is 1080. The van der Waals surface area contributed by atoms with Crippen LogP contribution in [0.5, 0.6) is 0 Å². The molecule has 10 nitrogen and oxygen atoms in total. The van der Waals surface area contributed by atoms with Crippen molar-refractivity contribution in [3.8, 4) is 0 Å². The Morgan fingerprint density at radius 1 is 0.897 bits per heavy atom. The summed E-state index contributed by atoms with van der Waals surface area (Å²) in [5.74, 6) is 0.712. The number of rotatable bonds is 6. The first-order valence-corrected chi connectivity index (χ1v) is 12.7. The molecule has 0 spiro atoms. The molecule has 0 radical (unpaired) electrons. The lowest BCUT2D eigenvalue weighted by molar-refractivity contribution is 0.500. The van der Waals surface area contributed by atoms with Gasteiger partial charge in [0.1, 0.15) is 0 Å². The molecule has 4 rings (SSSR count). The first kappa shape index (κ1) is 22.4. The van der Waals surface area contributed by atoms with Crippen molar-refractivity contribution in [2.75, 3.05) is 28.2 Å². The van der Waals surface area contributed by atoms with Crippen LogP contribution < -0.4 is 0 Å². The van der Waals surface area contributed by atoms with Gasteiger partial charge in [-0.15, -0.1) is 8.17 Å². The van der Waals surface area contributed by atoms with E-state index in [0.717, 1.165) is 54.0 Å². The summed E-state index contributed by atoms with van der Waals surface area (Å²) in [7, 11) is -0.895. The Balaban J connectivity index is 0.000000166. The highest BCUT2D eigenvalue weighted by Gasteiger charge is 2.34. The molecule has 0 aliphatic heterocycles. The van der Waals surface area contributed by atoms with Gasteiger partial charge < -0.3 is 0 Å². The van der Waals surface area contributed by atoms with E-state index < -0.39 is 20.4 Å². The van der Waals surface area contributed by atoms with E-state index in [0.29, 0.717) is 11.8 Å². The van der Waals surface area contributed by atoms with Gasteiger partial charge in [0.25, 0.3) is 0 Å². The van der Waals surface area contributed by atoms with Crippen molar-refractivity contribution in [3.05, 3.63) is 34.3 Å². The van der Waals surface area contributed by atoms with Crippen LogP contribution in [-0.2, 0) is 20.4 Å². The minimum Gasteiger partial charge on any atom is -0.189 e. The smallest absolute Gasteiger partial charge is 0.189 e. The predicted octanol–water partition coefficient (Wildman–Crippen LogP) is 1.59. The maximum Gasteiger partial charge on any atom is 0.322 e. The van der Waals surface area contributed by atoms with Gasteiger partial charge in [-0.1, -0.05) is 0 Å². The summed E-state index contributed by atoms with van der Waals surface area (Å²) >= 11 is 3.33. The van der Waals surface area contributed by atoms with Gasteiger partial charge in [0, 0.05) is 40.0 Å². The van der Waals surface area contributed by atoms with Crippen LogP contribution in [0.2, 0.25) is 0 Å². The molecule has 2 heterocycles. The van der Waals surface area contributed by atoms with Gasteiger partial charge in [-0.2, -0.15) is 35.6 Å². The topological polar surface area (TPSA) is 110 Å². The average Bonchev–Trinajstić information content (AvgIpc) is 3.57. The Morgan fingerprint density at radius 2 is 1.41 bits per heavy atom. The normalized spacial score (nSPS) is 17.5. The third-order valence-electron chi connectivity index (χ3n) is 4.68. The molecule has 0 unspecified atom stereocenters. The van der Waals surface area contributed by atoms with Crippen molar-refractivity contribution in [2.45, 2.75) is 37.5 Å². The minimum absolute atomic E-state index is 0.330. The molecule has 0 aromatic carbocycles. The van der Waals surface area contributed by atoms with Crippen molar-refractivity contribution >= 4 is 36.3 Å². The van der Waals surface area contributed by atoms with Gasteiger partial charge in [-0.05, 0) is 47.7 Å². The van der Waals surface area contributed by atoms with Crippen molar-refractivity contribution in [1.29, 1.82) is 0 Å². The summed E-state index contributed by atoms with van der Waals surface area (Å²) < 4.78 is 52.7. The number of nitrogens with zero attached hydrogens (tertiary/aromatic N) is 6. The third kappa shape index (κ3) is 4.58. The monoisotopic (exact) mass is 508 g/mol. The molecule has 0 bridgehead atoms. The summed E-state index contributed by atoms with van der Waals surface area (Å²) in [6.07, 6.45) is 7.27. The predicted molar refractivity (Wildman–Crippen MR) is 112 cm³/mol. The Morgan fingerprint density at radius 3 is 1.90 bits per heavy atom. The van der Waals surface area contributed by atoms with E-state index in [4.69, 9.17) is 0 Å². The van der Waals surface area contributed by atoms with Crippen LogP contribution in [0, 0.1) is 0 Å². The zero-order chi connectivity index (χ0) is 21.6. The minimum atomic E-state index is -3.48. The van der Waals surface area contributed by atoms with Crippen LogP contribution in [-0.4, -0.2) is 72.0 Å². The molecule has 2 saturated carbocycles. The number of hydrogen-bond donors (Lipinski definition) is 0. The second-order valence-electron chi connectivity index (χ2n) is 7.45. The highest BCUT2D eigenvalue weighted by atomic mass is 79.9.